The van der Waals surface area contributed by atoms with Crippen LogP contribution in [0.25, 0.3) is 0 Å². The maximum atomic E-state index is 13.0. The van der Waals surface area contributed by atoms with Gasteiger partial charge < -0.3 is 9.84 Å². The standard InChI is InChI=1S/C14H11ClF2O2/c15-10-2-1-3-13(6-10)19-8-14(18)9-4-11(16)7-12(17)5-9/h1-7,14,18H,8H2. The van der Waals surface area contributed by atoms with Crippen molar-refractivity contribution in [1.29, 1.82) is 0 Å². The average molecular weight is 285 g/mol. The number of ether oxygens (including phenoxy) is 1. The fourth-order valence-corrected chi connectivity index (χ4v) is 1.78. The predicted molar refractivity (Wildman–Crippen MR) is 68.3 cm³/mol. The van der Waals surface area contributed by atoms with Gasteiger partial charge in [-0.15, -0.1) is 0 Å². The highest BCUT2D eigenvalue weighted by Gasteiger charge is 2.11. The molecule has 2 rings (SSSR count). The van der Waals surface area contributed by atoms with Gasteiger partial charge in [0.05, 0.1) is 0 Å². The molecule has 0 aliphatic heterocycles. The van der Waals surface area contributed by atoms with Crippen LogP contribution in [0.5, 0.6) is 5.75 Å². The topological polar surface area (TPSA) is 29.5 Å². The molecule has 0 saturated carbocycles. The monoisotopic (exact) mass is 284 g/mol. The van der Waals surface area contributed by atoms with E-state index in [2.05, 4.69) is 0 Å². The summed E-state index contributed by atoms with van der Waals surface area (Å²) in [4.78, 5) is 0. The van der Waals surface area contributed by atoms with Crippen molar-refractivity contribution >= 4 is 11.6 Å². The molecule has 0 radical (unpaired) electrons. The largest absolute Gasteiger partial charge is 0.490 e. The summed E-state index contributed by atoms with van der Waals surface area (Å²) in [5.74, 6) is -1.00. The van der Waals surface area contributed by atoms with Crippen molar-refractivity contribution in [2.75, 3.05) is 6.61 Å². The number of rotatable bonds is 4. The minimum absolute atomic E-state index is 0.122. The van der Waals surface area contributed by atoms with Crippen molar-refractivity contribution in [2.24, 2.45) is 0 Å². The fourth-order valence-electron chi connectivity index (χ4n) is 1.60. The molecular formula is C14H11ClF2O2. The van der Waals surface area contributed by atoms with Gasteiger partial charge in [-0.1, -0.05) is 17.7 Å². The van der Waals surface area contributed by atoms with Gasteiger partial charge in [0.2, 0.25) is 0 Å². The van der Waals surface area contributed by atoms with Crippen LogP contribution in [-0.2, 0) is 0 Å². The van der Waals surface area contributed by atoms with E-state index < -0.39 is 17.7 Å². The molecule has 1 atom stereocenters. The summed E-state index contributed by atoms with van der Waals surface area (Å²) in [6.07, 6.45) is -1.12. The third-order valence-corrected chi connectivity index (χ3v) is 2.71. The van der Waals surface area contributed by atoms with Crippen molar-refractivity contribution in [3.05, 3.63) is 64.7 Å². The molecule has 19 heavy (non-hydrogen) atoms. The van der Waals surface area contributed by atoms with Gasteiger partial charge in [-0.2, -0.15) is 0 Å². The molecule has 0 bridgehead atoms. The number of hydrogen-bond acceptors (Lipinski definition) is 2. The molecule has 0 spiro atoms. The Kier molecular flexibility index (Phi) is 4.35. The second-order valence-corrected chi connectivity index (χ2v) is 4.42. The molecule has 100 valence electrons. The summed E-state index contributed by atoms with van der Waals surface area (Å²) < 4.78 is 31.3. The Morgan fingerprint density at radius 3 is 2.42 bits per heavy atom. The summed E-state index contributed by atoms with van der Waals surface area (Å²) in [6.45, 7) is -0.122. The lowest BCUT2D eigenvalue weighted by molar-refractivity contribution is 0.107. The zero-order chi connectivity index (χ0) is 13.8. The fraction of sp³-hybridized carbons (Fsp3) is 0.143. The lowest BCUT2D eigenvalue weighted by Crippen LogP contribution is -2.10. The minimum atomic E-state index is -1.12. The van der Waals surface area contributed by atoms with Gasteiger partial charge in [0.15, 0.2) is 0 Å². The third kappa shape index (κ3) is 3.91. The summed E-state index contributed by atoms with van der Waals surface area (Å²) in [5, 5.41) is 10.3. The van der Waals surface area contributed by atoms with Gasteiger partial charge >= 0.3 is 0 Å². The molecule has 2 aromatic rings. The Hall–Kier alpha value is -1.65. The molecule has 0 saturated heterocycles. The molecule has 2 aromatic carbocycles. The highest BCUT2D eigenvalue weighted by molar-refractivity contribution is 6.30. The molecule has 1 N–H and O–H groups in total. The summed E-state index contributed by atoms with van der Waals surface area (Å²) in [6, 6.07) is 9.52. The normalized spacial score (nSPS) is 12.2. The minimum Gasteiger partial charge on any atom is -0.490 e. The van der Waals surface area contributed by atoms with E-state index >= 15 is 0 Å². The lowest BCUT2D eigenvalue weighted by atomic mass is 10.1. The Morgan fingerprint density at radius 2 is 1.79 bits per heavy atom. The Labute approximate surface area is 114 Å². The van der Waals surface area contributed by atoms with Crippen LogP contribution >= 0.6 is 11.6 Å². The molecule has 0 aliphatic carbocycles. The van der Waals surface area contributed by atoms with E-state index in [0.717, 1.165) is 18.2 Å². The van der Waals surface area contributed by atoms with Crippen molar-refractivity contribution < 1.29 is 18.6 Å². The van der Waals surface area contributed by atoms with Crippen molar-refractivity contribution in [3.63, 3.8) is 0 Å². The van der Waals surface area contributed by atoms with E-state index in [0.29, 0.717) is 10.8 Å². The van der Waals surface area contributed by atoms with Gasteiger partial charge in [0.1, 0.15) is 30.1 Å². The summed E-state index contributed by atoms with van der Waals surface area (Å²) >= 11 is 5.78. The van der Waals surface area contributed by atoms with E-state index in [-0.39, 0.29) is 12.2 Å². The number of benzene rings is 2. The van der Waals surface area contributed by atoms with Gasteiger partial charge in [-0.3, -0.25) is 0 Å². The van der Waals surface area contributed by atoms with Crippen LogP contribution in [0.4, 0.5) is 8.78 Å². The van der Waals surface area contributed by atoms with Crippen LogP contribution in [0.15, 0.2) is 42.5 Å². The average Bonchev–Trinajstić information content (AvgIpc) is 2.35. The Bertz CT molecular complexity index is 555. The first-order chi connectivity index (χ1) is 9.04. The zero-order valence-corrected chi connectivity index (χ0v) is 10.6. The molecule has 0 amide bonds. The van der Waals surface area contributed by atoms with E-state index in [1.54, 1.807) is 24.3 Å². The highest BCUT2D eigenvalue weighted by Crippen LogP contribution is 2.20. The second-order valence-electron chi connectivity index (χ2n) is 3.99. The molecule has 5 heteroatoms. The first-order valence-electron chi connectivity index (χ1n) is 5.57. The molecule has 1 unspecified atom stereocenters. The van der Waals surface area contributed by atoms with Crippen LogP contribution in [0.1, 0.15) is 11.7 Å². The van der Waals surface area contributed by atoms with Crippen LogP contribution in [-0.4, -0.2) is 11.7 Å². The first kappa shape index (κ1) is 13.8. The smallest absolute Gasteiger partial charge is 0.126 e. The van der Waals surface area contributed by atoms with Crippen LogP contribution < -0.4 is 4.74 Å². The maximum Gasteiger partial charge on any atom is 0.126 e. The lowest BCUT2D eigenvalue weighted by Gasteiger charge is -2.13. The van der Waals surface area contributed by atoms with Gasteiger partial charge in [0.25, 0.3) is 0 Å². The van der Waals surface area contributed by atoms with E-state index in [9.17, 15) is 13.9 Å². The quantitative estimate of drug-likeness (QED) is 0.927. The second kappa shape index (κ2) is 5.99. The number of halogens is 3. The van der Waals surface area contributed by atoms with Crippen LogP contribution in [0, 0.1) is 11.6 Å². The van der Waals surface area contributed by atoms with E-state index in [1.807, 2.05) is 0 Å². The third-order valence-electron chi connectivity index (χ3n) is 2.47. The highest BCUT2D eigenvalue weighted by atomic mass is 35.5. The zero-order valence-electron chi connectivity index (χ0n) is 9.82. The van der Waals surface area contributed by atoms with E-state index in [1.165, 1.54) is 0 Å². The Morgan fingerprint density at radius 1 is 1.11 bits per heavy atom. The van der Waals surface area contributed by atoms with Crippen molar-refractivity contribution in [2.45, 2.75) is 6.10 Å². The molecule has 0 aromatic heterocycles. The summed E-state index contributed by atoms with van der Waals surface area (Å²) in [7, 11) is 0. The number of aliphatic hydroxyl groups excluding tert-OH is 1. The molecular weight excluding hydrogens is 274 g/mol. The van der Waals surface area contributed by atoms with Gasteiger partial charge in [-0.05, 0) is 35.9 Å². The SMILES string of the molecule is OC(COc1cccc(Cl)c1)c1cc(F)cc(F)c1. The number of hydrogen-bond donors (Lipinski definition) is 1. The predicted octanol–water partition coefficient (Wildman–Crippen LogP) is 3.73. The van der Waals surface area contributed by atoms with Gasteiger partial charge in [0, 0.05) is 11.1 Å². The van der Waals surface area contributed by atoms with Gasteiger partial charge in [-0.25, -0.2) is 8.78 Å². The first-order valence-corrected chi connectivity index (χ1v) is 5.95. The van der Waals surface area contributed by atoms with Crippen LogP contribution in [0.3, 0.4) is 0 Å². The van der Waals surface area contributed by atoms with Crippen molar-refractivity contribution in [3.8, 4) is 5.75 Å². The molecule has 0 heterocycles. The summed E-state index contributed by atoms with van der Waals surface area (Å²) in [5.41, 5.74) is 0.125. The Balaban J connectivity index is 2.03. The van der Waals surface area contributed by atoms with Crippen LogP contribution in [0.2, 0.25) is 5.02 Å². The van der Waals surface area contributed by atoms with Crippen molar-refractivity contribution in [1.82, 2.24) is 0 Å². The maximum absolute atomic E-state index is 13.0. The molecule has 0 fully saturated rings. The molecule has 0 aliphatic rings. The number of aliphatic hydroxyl groups is 1. The molecule has 2 nitrogen and oxygen atoms in total. The van der Waals surface area contributed by atoms with E-state index in [4.69, 9.17) is 16.3 Å².